The van der Waals surface area contributed by atoms with Crippen LogP contribution in [0.1, 0.15) is 22.6 Å². The molecule has 0 N–H and O–H groups in total. The minimum Gasteiger partial charge on any atom is -0.301 e. The van der Waals surface area contributed by atoms with Gasteiger partial charge in [0.25, 0.3) is 0 Å². The Morgan fingerprint density at radius 1 is 1.04 bits per heavy atom. The topological polar surface area (TPSA) is 3.24 Å². The van der Waals surface area contributed by atoms with E-state index in [-0.39, 0.29) is 0 Å². The van der Waals surface area contributed by atoms with Crippen molar-refractivity contribution in [2.75, 3.05) is 13.6 Å². The molecular formula is C20H21Cl2N. The fourth-order valence-electron chi connectivity index (χ4n) is 2.80. The first-order valence-electron chi connectivity index (χ1n) is 7.51. The average Bonchev–Trinajstić information content (AvgIpc) is 2.57. The SMILES string of the molecule is C=CC=C.CN1Cc2cc(Cl)c(Cl)cc2C(c2ccccc2)C1. The van der Waals surface area contributed by atoms with Gasteiger partial charge in [0.05, 0.1) is 10.0 Å². The monoisotopic (exact) mass is 345 g/mol. The smallest absolute Gasteiger partial charge is 0.0595 e. The summed E-state index contributed by atoms with van der Waals surface area (Å²) in [4.78, 5) is 2.32. The standard InChI is InChI=1S/C16H15Cl2N.C4H6/c1-19-9-12-7-15(17)16(18)8-13(12)14(10-19)11-5-3-2-4-6-11;1-3-4-2/h2-8,14H,9-10H2,1H3;3-4H,1-2H2. The summed E-state index contributed by atoms with van der Waals surface area (Å²) in [6.07, 6.45) is 3.28. The predicted octanol–water partition coefficient (Wildman–Crippen LogP) is 5.93. The zero-order valence-corrected chi connectivity index (χ0v) is 14.8. The highest BCUT2D eigenvalue weighted by molar-refractivity contribution is 6.42. The molecule has 1 aliphatic rings. The normalized spacial score (nSPS) is 16.7. The van der Waals surface area contributed by atoms with E-state index in [0.717, 1.165) is 13.1 Å². The second-order valence-electron chi connectivity index (χ2n) is 5.60. The van der Waals surface area contributed by atoms with Crippen molar-refractivity contribution in [1.29, 1.82) is 0 Å². The molecule has 0 amide bonds. The van der Waals surface area contributed by atoms with E-state index in [1.54, 1.807) is 12.2 Å². The van der Waals surface area contributed by atoms with E-state index >= 15 is 0 Å². The highest BCUT2D eigenvalue weighted by atomic mass is 35.5. The third-order valence-electron chi connectivity index (χ3n) is 3.86. The van der Waals surface area contributed by atoms with Gasteiger partial charge >= 0.3 is 0 Å². The molecule has 3 rings (SSSR count). The van der Waals surface area contributed by atoms with Crippen LogP contribution in [0.2, 0.25) is 10.0 Å². The van der Waals surface area contributed by atoms with Gasteiger partial charge in [0.2, 0.25) is 0 Å². The number of rotatable bonds is 2. The second kappa shape index (κ2) is 8.35. The third-order valence-corrected chi connectivity index (χ3v) is 4.58. The van der Waals surface area contributed by atoms with Crippen LogP contribution in [0, 0.1) is 0 Å². The molecule has 2 aromatic rings. The van der Waals surface area contributed by atoms with Crippen LogP contribution >= 0.6 is 23.2 Å². The third kappa shape index (κ3) is 4.48. The number of benzene rings is 2. The first kappa shape index (κ1) is 17.8. The molecule has 0 aromatic heterocycles. The van der Waals surface area contributed by atoms with Crippen molar-refractivity contribution in [3.05, 3.63) is 94.5 Å². The number of likely N-dealkylation sites (N-methyl/N-ethyl adjacent to an activating group) is 1. The van der Waals surface area contributed by atoms with Crippen molar-refractivity contribution >= 4 is 23.2 Å². The van der Waals surface area contributed by atoms with Gasteiger partial charge < -0.3 is 4.90 Å². The fourth-order valence-corrected chi connectivity index (χ4v) is 3.16. The largest absolute Gasteiger partial charge is 0.301 e. The molecule has 120 valence electrons. The number of fused-ring (bicyclic) bond motifs is 1. The van der Waals surface area contributed by atoms with Crippen molar-refractivity contribution in [2.45, 2.75) is 12.5 Å². The van der Waals surface area contributed by atoms with Gasteiger partial charge in [-0.2, -0.15) is 0 Å². The zero-order chi connectivity index (χ0) is 16.8. The Morgan fingerprint density at radius 3 is 2.26 bits per heavy atom. The molecule has 3 heteroatoms. The molecule has 1 heterocycles. The van der Waals surface area contributed by atoms with Crippen molar-refractivity contribution in [1.82, 2.24) is 4.90 Å². The maximum Gasteiger partial charge on any atom is 0.0595 e. The van der Waals surface area contributed by atoms with Crippen LogP contribution in [0.3, 0.4) is 0 Å². The number of hydrogen-bond donors (Lipinski definition) is 0. The quantitative estimate of drug-likeness (QED) is 0.609. The van der Waals surface area contributed by atoms with E-state index in [1.807, 2.05) is 18.2 Å². The Hall–Kier alpha value is -1.54. The molecule has 0 bridgehead atoms. The average molecular weight is 346 g/mol. The molecule has 0 saturated heterocycles. The van der Waals surface area contributed by atoms with E-state index in [4.69, 9.17) is 23.2 Å². The van der Waals surface area contributed by atoms with Crippen LogP contribution < -0.4 is 0 Å². The van der Waals surface area contributed by atoms with Gasteiger partial charge in [-0.1, -0.05) is 78.8 Å². The van der Waals surface area contributed by atoms with Gasteiger partial charge in [-0.25, -0.2) is 0 Å². The Bertz CT molecular complexity index is 674. The lowest BCUT2D eigenvalue weighted by molar-refractivity contribution is 0.295. The van der Waals surface area contributed by atoms with Crippen LogP contribution in [0.25, 0.3) is 0 Å². The van der Waals surface area contributed by atoms with E-state index in [0.29, 0.717) is 16.0 Å². The van der Waals surface area contributed by atoms with Crippen LogP contribution in [0.15, 0.2) is 67.8 Å². The maximum absolute atomic E-state index is 6.19. The first-order chi connectivity index (χ1) is 11.1. The number of nitrogens with zero attached hydrogens (tertiary/aromatic N) is 1. The number of halogens is 2. The van der Waals surface area contributed by atoms with Crippen molar-refractivity contribution in [3.8, 4) is 0 Å². The van der Waals surface area contributed by atoms with Crippen LogP contribution in [-0.4, -0.2) is 18.5 Å². The van der Waals surface area contributed by atoms with E-state index in [9.17, 15) is 0 Å². The first-order valence-corrected chi connectivity index (χ1v) is 8.27. The second-order valence-corrected chi connectivity index (χ2v) is 6.41. The highest BCUT2D eigenvalue weighted by Gasteiger charge is 2.25. The predicted molar refractivity (Wildman–Crippen MR) is 101 cm³/mol. The van der Waals surface area contributed by atoms with Gasteiger partial charge in [0.1, 0.15) is 0 Å². The summed E-state index contributed by atoms with van der Waals surface area (Å²) >= 11 is 12.3. The lowest BCUT2D eigenvalue weighted by Crippen LogP contribution is -2.31. The molecule has 1 nitrogen and oxygen atoms in total. The molecule has 2 aromatic carbocycles. The summed E-state index contributed by atoms with van der Waals surface area (Å²) in [5, 5.41) is 1.29. The summed E-state index contributed by atoms with van der Waals surface area (Å²) in [5.74, 6) is 0.365. The Kier molecular flexibility index (Phi) is 6.47. The minimum atomic E-state index is 0.365. The van der Waals surface area contributed by atoms with E-state index < -0.39 is 0 Å². The summed E-state index contributed by atoms with van der Waals surface area (Å²) in [6, 6.07) is 14.6. The van der Waals surface area contributed by atoms with Gasteiger partial charge in [0.15, 0.2) is 0 Å². The molecule has 0 saturated carbocycles. The summed E-state index contributed by atoms with van der Waals surface area (Å²) in [6.45, 7) is 8.66. The lowest BCUT2D eigenvalue weighted by Gasteiger charge is -2.33. The van der Waals surface area contributed by atoms with Crippen LogP contribution in [0.4, 0.5) is 0 Å². The summed E-state index contributed by atoms with van der Waals surface area (Å²) < 4.78 is 0. The van der Waals surface area contributed by atoms with Gasteiger partial charge in [-0.05, 0) is 35.9 Å². The van der Waals surface area contributed by atoms with Gasteiger partial charge in [-0.3, -0.25) is 0 Å². The zero-order valence-electron chi connectivity index (χ0n) is 13.3. The molecule has 1 aliphatic heterocycles. The maximum atomic E-state index is 6.19. The summed E-state index contributed by atoms with van der Waals surface area (Å²) in [5.41, 5.74) is 3.91. The molecule has 1 atom stereocenters. The van der Waals surface area contributed by atoms with Crippen molar-refractivity contribution in [2.24, 2.45) is 0 Å². The van der Waals surface area contributed by atoms with E-state index in [1.165, 1.54) is 16.7 Å². The number of hydrogen-bond acceptors (Lipinski definition) is 1. The number of allylic oxidation sites excluding steroid dienone is 2. The molecule has 0 radical (unpaired) electrons. The molecule has 0 fully saturated rings. The minimum absolute atomic E-state index is 0.365. The van der Waals surface area contributed by atoms with Gasteiger partial charge in [0, 0.05) is 19.0 Å². The highest BCUT2D eigenvalue weighted by Crippen LogP contribution is 2.37. The van der Waals surface area contributed by atoms with Crippen LogP contribution in [0.5, 0.6) is 0 Å². The van der Waals surface area contributed by atoms with Gasteiger partial charge in [-0.15, -0.1) is 0 Å². The van der Waals surface area contributed by atoms with Crippen molar-refractivity contribution < 1.29 is 0 Å². The molecule has 1 unspecified atom stereocenters. The Morgan fingerprint density at radius 2 is 1.65 bits per heavy atom. The fraction of sp³-hybridized carbons (Fsp3) is 0.200. The summed E-state index contributed by atoms with van der Waals surface area (Å²) in [7, 11) is 2.14. The lowest BCUT2D eigenvalue weighted by atomic mass is 9.85. The van der Waals surface area contributed by atoms with E-state index in [2.05, 4.69) is 49.4 Å². The molecule has 0 aliphatic carbocycles. The Labute approximate surface area is 148 Å². The van der Waals surface area contributed by atoms with Crippen molar-refractivity contribution in [3.63, 3.8) is 0 Å². The Balaban J connectivity index is 0.000000433. The molecule has 23 heavy (non-hydrogen) atoms. The molecule has 0 spiro atoms. The molecular weight excluding hydrogens is 325 g/mol. The van der Waals surface area contributed by atoms with Crippen LogP contribution in [-0.2, 0) is 6.54 Å².